The molecule has 0 radical (unpaired) electrons. The normalized spacial score (nSPS) is 18.1. The fourth-order valence-corrected chi connectivity index (χ4v) is 2.87. The van der Waals surface area contributed by atoms with E-state index in [4.69, 9.17) is 0 Å². The predicted octanol–water partition coefficient (Wildman–Crippen LogP) is 2.17. The molecule has 4 nitrogen and oxygen atoms in total. The van der Waals surface area contributed by atoms with Gasteiger partial charge in [-0.25, -0.2) is 0 Å². The number of nitrogens with one attached hydrogen (secondary N) is 1. The maximum atomic E-state index is 4.67. The van der Waals surface area contributed by atoms with Crippen LogP contribution in [-0.2, 0) is 0 Å². The largest absolute Gasteiger partial charge is 0.315 e. The van der Waals surface area contributed by atoms with Crippen LogP contribution in [0.4, 0.5) is 0 Å². The molecule has 0 aliphatic carbocycles. The molecule has 2 aromatic heterocycles. The van der Waals surface area contributed by atoms with Crippen LogP contribution in [0, 0.1) is 6.92 Å². The van der Waals surface area contributed by atoms with Gasteiger partial charge < -0.3 is 5.32 Å². The fourth-order valence-electron chi connectivity index (χ4n) is 2.87. The summed E-state index contributed by atoms with van der Waals surface area (Å²) >= 11 is 0. The molecule has 21 heavy (non-hydrogen) atoms. The fraction of sp³-hybridized carbons (Fsp3) is 0.412. The van der Waals surface area contributed by atoms with Crippen molar-refractivity contribution in [2.24, 2.45) is 0 Å². The lowest BCUT2D eigenvalue weighted by Crippen LogP contribution is -2.33. The zero-order chi connectivity index (χ0) is 14.5. The molecule has 3 heterocycles. The molecule has 1 saturated heterocycles. The van der Waals surface area contributed by atoms with Gasteiger partial charge in [0.2, 0.25) is 0 Å². The molecule has 0 aromatic carbocycles. The minimum Gasteiger partial charge on any atom is -0.315 e. The van der Waals surface area contributed by atoms with Gasteiger partial charge in [-0.05, 0) is 43.1 Å². The highest BCUT2D eigenvalue weighted by atomic mass is 15.2. The second-order valence-electron chi connectivity index (χ2n) is 5.59. The highest BCUT2D eigenvalue weighted by molar-refractivity contribution is 5.26. The first-order valence-electron chi connectivity index (χ1n) is 7.62. The molecule has 4 heteroatoms. The van der Waals surface area contributed by atoms with Gasteiger partial charge in [-0.1, -0.05) is 12.1 Å². The average Bonchev–Trinajstić information content (AvgIpc) is 2.80. The van der Waals surface area contributed by atoms with Crippen molar-refractivity contribution < 1.29 is 0 Å². The summed E-state index contributed by atoms with van der Waals surface area (Å²) in [6.07, 6.45) is 6.91. The van der Waals surface area contributed by atoms with Crippen LogP contribution >= 0.6 is 0 Å². The van der Waals surface area contributed by atoms with Gasteiger partial charge in [0.25, 0.3) is 0 Å². The Labute approximate surface area is 126 Å². The molecule has 1 aliphatic rings. The molecule has 0 spiro atoms. The quantitative estimate of drug-likeness (QED) is 0.937. The van der Waals surface area contributed by atoms with Crippen molar-refractivity contribution in [2.75, 3.05) is 26.2 Å². The van der Waals surface area contributed by atoms with E-state index in [2.05, 4.69) is 45.3 Å². The minimum absolute atomic E-state index is 0.194. The number of hydrogen-bond acceptors (Lipinski definition) is 4. The van der Waals surface area contributed by atoms with Gasteiger partial charge >= 0.3 is 0 Å². The van der Waals surface area contributed by atoms with Gasteiger partial charge in [0.1, 0.15) is 0 Å². The third-order valence-electron chi connectivity index (χ3n) is 3.95. The average molecular weight is 282 g/mol. The molecule has 1 fully saturated rings. The molecule has 1 atom stereocenters. The van der Waals surface area contributed by atoms with Gasteiger partial charge in [0, 0.05) is 38.2 Å². The molecule has 110 valence electrons. The van der Waals surface area contributed by atoms with Crippen LogP contribution in [0.2, 0.25) is 0 Å². The Kier molecular flexibility index (Phi) is 4.58. The molecule has 0 amide bonds. The van der Waals surface area contributed by atoms with Crippen LogP contribution < -0.4 is 5.32 Å². The van der Waals surface area contributed by atoms with E-state index in [9.17, 15) is 0 Å². The molecule has 0 bridgehead atoms. The van der Waals surface area contributed by atoms with E-state index in [1.807, 2.05) is 24.7 Å². The number of aromatic nitrogens is 2. The number of aryl methyl sites for hydroxylation is 1. The molecule has 1 unspecified atom stereocenters. The summed E-state index contributed by atoms with van der Waals surface area (Å²) in [7, 11) is 0. The van der Waals surface area contributed by atoms with E-state index in [0.717, 1.165) is 31.9 Å². The highest BCUT2D eigenvalue weighted by Gasteiger charge is 2.24. The van der Waals surface area contributed by atoms with Crippen molar-refractivity contribution in [3.63, 3.8) is 0 Å². The van der Waals surface area contributed by atoms with E-state index in [0.29, 0.717) is 0 Å². The molecule has 1 N–H and O–H groups in total. The van der Waals surface area contributed by atoms with Crippen LogP contribution in [0.25, 0.3) is 0 Å². The first-order chi connectivity index (χ1) is 10.3. The molecule has 3 rings (SSSR count). The van der Waals surface area contributed by atoms with Crippen LogP contribution in [-0.4, -0.2) is 41.0 Å². The summed E-state index contributed by atoms with van der Waals surface area (Å²) in [5.74, 6) is 0. The maximum absolute atomic E-state index is 4.67. The minimum atomic E-state index is 0.194. The van der Waals surface area contributed by atoms with Gasteiger partial charge in [0.15, 0.2) is 0 Å². The maximum Gasteiger partial charge on any atom is 0.0791 e. The molecular formula is C17H22N4. The van der Waals surface area contributed by atoms with Gasteiger partial charge in [-0.2, -0.15) is 0 Å². The summed E-state index contributed by atoms with van der Waals surface area (Å²) in [5.41, 5.74) is 3.52. The number of pyridine rings is 2. The Morgan fingerprint density at radius 1 is 1.14 bits per heavy atom. The van der Waals surface area contributed by atoms with Gasteiger partial charge in [0.05, 0.1) is 11.7 Å². The Bertz CT molecular complexity index is 545. The van der Waals surface area contributed by atoms with E-state index in [1.54, 1.807) is 0 Å². The first-order valence-corrected chi connectivity index (χ1v) is 7.62. The Hall–Kier alpha value is -1.78. The smallest absolute Gasteiger partial charge is 0.0791 e. The third-order valence-corrected chi connectivity index (χ3v) is 3.95. The molecule has 0 saturated carbocycles. The van der Waals surface area contributed by atoms with E-state index in [-0.39, 0.29) is 6.04 Å². The van der Waals surface area contributed by atoms with Crippen molar-refractivity contribution >= 4 is 0 Å². The number of hydrogen-bond donors (Lipinski definition) is 1. The molecule has 2 aromatic rings. The van der Waals surface area contributed by atoms with E-state index < -0.39 is 0 Å². The number of rotatable bonds is 3. The van der Waals surface area contributed by atoms with Crippen molar-refractivity contribution in [3.05, 3.63) is 59.7 Å². The second-order valence-corrected chi connectivity index (χ2v) is 5.59. The zero-order valence-corrected chi connectivity index (χ0v) is 12.5. The lowest BCUT2D eigenvalue weighted by molar-refractivity contribution is 0.237. The third kappa shape index (κ3) is 3.46. The Morgan fingerprint density at radius 2 is 2.10 bits per heavy atom. The van der Waals surface area contributed by atoms with Gasteiger partial charge in [-0.3, -0.25) is 14.9 Å². The highest BCUT2D eigenvalue weighted by Crippen LogP contribution is 2.27. The summed E-state index contributed by atoms with van der Waals surface area (Å²) in [6.45, 7) is 6.32. The van der Waals surface area contributed by atoms with Crippen LogP contribution in [0.1, 0.15) is 29.3 Å². The monoisotopic (exact) mass is 282 g/mol. The Balaban J connectivity index is 1.95. The SMILES string of the molecule is Cc1ccc(C(c2cccnc2)N2CCCNCC2)nc1. The topological polar surface area (TPSA) is 41.1 Å². The van der Waals surface area contributed by atoms with Crippen molar-refractivity contribution in [3.8, 4) is 0 Å². The predicted molar refractivity (Wildman–Crippen MR) is 84.1 cm³/mol. The van der Waals surface area contributed by atoms with Crippen LogP contribution in [0.5, 0.6) is 0 Å². The zero-order valence-electron chi connectivity index (χ0n) is 12.5. The summed E-state index contributed by atoms with van der Waals surface area (Å²) in [6, 6.07) is 8.64. The summed E-state index contributed by atoms with van der Waals surface area (Å²) in [5, 5.41) is 3.47. The summed E-state index contributed by atoms with van der Waals surface area (Å²) in [4.78, 5) is 11.5. The van der Waals surface area contributed by atoms with Crippen molar-refractivity contribution in [1.82, 2.24) is 20.2 Å². The van der Waals surface area contributed by atoms with E-state index >= 15 is 0 Å². The Morgan fingerprint density at radius 3 is 2.86 bits per heavy atom. The van der Waals surface area contributed by atoms with Crippen LogP contribution in [0.15, 0.2) is 42.9 Å². The lowest BCUT2D eigenvalue weighted by atomic mass is 10.0. The molecular weight excluding hydrogens is 260 g/mol. The number of nitrogens with zero attached hydrogens (tertiary/aromatic N) is 3. The van der Waals surface area contributed by atoms with E-state index in [1.165, 1.54) is 17.5 Å². The molecule has 1 aliphatic heterocycles. The first kappa shape index (κ1) is 14.2. The summed E-state index contributed by atoms with van der Waals surface area (Å²) < 4.78 is 0. The van der Waals surface area contributed by atoms with Crippen molar-refractivity contribution in [1.29, 1.82) is 0 Å². The van der Waals surface area contributed by atoms with Crippen molar-refractivity contribution in [2.45, 2.75) is 19.4 Å². The van der Waals surface area contributed by atoms with Crippen LogP contribution in [0.3, 0.4) is 0 Å². The standard InChI is InChI=1S/C17H22N4/c1-14-5-6-16(20-12-14)17(15-4-2-7-19-13-15)21-10-3-8-18-9-11-21/h2,4-7,12-13,17-18H,3,8-11H2,1H3. The van der Waals surface area contributed by atoms with Gasteiger partial charge in [-0.15, -0.1) is 0 Å². The second kappa shape index (κ2) is 6.78. The lowest BCUT2D eigenvalue weighted by Gasteiger charge is -2.30.